The maximum Gasteiger partial charge on any atom is 0.0453 e. The van der Waals surface area contributed by atoms with Gasteiger partial charge in [-0.1, -0.05) is 49.6 Å². The van der Waals surface area contributed by atoms with Gasteiger partial charge < -0.3 is 5.32 Å². The summed E-state index contributed by atoms with van der Waals surface area (Å²) >= 11 is 6.12. The second-order valence-electron chi connectivity index (χ2n) is 3.90. The number of hydrogen-bond donors (Lipinski definition) is 1. The molecule has 2 heteroatoms. The molecule has 0 aliphatic carbocycles. The maximum absolute atomic E-state index is 6.12. The van der Waals surface area contributed by atoms with Gasteiger partial charge in [-0.3, -0.25) is 0 Å². The summed E-state index contributed by atoms with van der Waals surface area (Å²) in [5.74, 6) is 0. The fourth-order valence-corrected chi connectivity index (χ4v) is 1.93. The van der Waals surface area contributed by atoms with Crippen LogP contribution in [0.4, 0.5) is 0 Å². The number of benzene rings is 1. The zero-order valence-corrected chi connectivity index (χ0v) is 10.3. The van der Waals surface area contributed by atoms with E-state index in [1.54, 1.807) is 0 Å². The second kappa shape index (κ2) is 6.86. The summed E-state index contributed by atoms with van der Waals surface area (Å²) in [7, 11) is 0. The van der Waals surface area contributed by atoms with Crippen molar-refractivity contribution in [3.8, 4) is 0 Å². The summed E-state index contributed by atoms with van der Waals surface area (Å²) in [4.78, 5) is 0. The molecule has 0 spiro atoms. The quantitative estimate of drug-likeness (QED) is 0.717. The third-order valence-electron chi connectivity index (χ3n) is 2.60. The predicted molar refractivity (Wildman–Crippen MR) is 67.4 cm³/mol. The van der Waals surface area contributed by atoms with Crippen LogP contribution in [0.5, 0.6) is 0 Å². The molecule has 0 radical (unpaired) electrons. The number of halogens is 1. The highest BCUT2D eigenvalue weighted by atomic mass is 35.5. The molecule has 0 aliphatic rings. The van der Waals surface area contributed by atoms with Gasteiger partial charge in [0.05, 0.1) is 0 Å². The summed E-state index contributed by atoms with van der Waals surface area (Å²) in [5.41, 5.74) is 1.19. The lowest BCUT2D eigenvalue weighted by Crippen LogP contribution is -2.20. The van der Waals surface area contributed by atoms with Gasteiger partial charge in [-0.15, -0.1) is 0 Å². The zero-order valence-electron chi connectivity index (χ0n) is 9.59. The third kappa shape index (κ3) is 4.23. The molecule has 84 valence electrons. The molecule has 15 heavy (non-hydrogen) atoms. The van der Waals surface area contributed by atoms with Crippen LogP contribution >= 0.6 is 11.6 Å². The van der Waals surface area contributed by atoms with Gasteiger partial charge in [0.15, 0.2) is 0 Å². The number of nitrogens with one attached hydrogen (secondary N) is 1. The molecular weight excluding hydrogens is 206 g/mol. The molecule has 0 saturated carbocycles. The van der Waals surface area contributed by atoms with E-state index in [1.807, 2.05) is 18.2 Å². The number of rotatable bonds is 6. The highest BCUT2D eigenvalue weighted by molar-refractivity contribution is 6.31. The van der Waals surface area contributed by atoms with E-state index in [0.29, 0.717) is 6.04 Å². The molecule has 0 aromatic heterocycles. The minimum atomic E-state index is 0.343. The smallest absolute Gasteiger partial charge is 0.0453 e. The Bertz CT molecular complexity index is 286. The van der Waals surface area contributed by atoms with Crippen molar-refractivity contribution in [1.29, 1.82) is 0 Å². The van der Waals surface area contributed by atoms with Crippen LogP contribution in [0, 0.1) is 0 Å². The van der Waals surface area contributed by atoms with Gasteiger partial charge in [0, 0.05) is 11.1 Å². The van der Waals surface area contributed by atoms with Crippen LogP contribution in [0.3, 0.4) is 0 Å². The molecule has 1 atom stereocenters. The van der Waals surface area contributed by atoms with Crippen molar-refractivity contribution in [3.05, 3.63) is 34.9 Å². The lowest BCUT2D eigenvalue weighted by Gasteiger charge is -2.15. The minimum absolute atomic E-state index is 0.343. The van der Waals surface area contributed by atoms with Crippen LogP contribution < -0.4 is 5.32 Å². The fraction of sp³-hybridized carbons (Fsp3) is 0.538. The van der Waals surface area contributed by atoms with Crippen molar-refractivity contribution in [3.63, 3.8) is 0 Å². The summed E-state index contributed by atoms with van der Waals surface area (Å²) in [6.07, 6.45) is 3.80. The molecule has 1 rings (SSSR count). The molecule has 0 heterocycles. The molecule has 0 saturated heterocycles. The van der Waals surface area contributed by atoms with Gasteiger partial charge in [0.2, 0.25) is 0 Å². The Kier molecular flexibility index (Phi) is 5.74. The average Bonchev–Trinajstić information content (AvgIpc) is 2.25. The van der Waals surface area contributed by atoms with E-state index < -0.39 is 0 Å². The first-order valence-electron chi connectivity index (χ1n) is 5.73. The molecule has 1 nitrogen and oxygen atoms in total. The number of hydrogen-bond acceptors (Lipinski definition) is 1. The van der Waals surface area contributed by atoms with E-state index in [9.17, 15) is 0 Å². The first-order chi connectivity index (χ1) is 7.25. The fourth-order valence-electron chi connectivity index (χ4n) is 1.63. The lowest BCUT2D eigenvalue weighted by molar-refractivity contribution is 0.544. The molecule has 0 fully saturated rings. The topological polar surface area (TPSA) is 12.0 Å². The van der Waals surface area contributed by atoms with Crippen molar-refractivity contribution < 1.29 is 0 Å². The average molecular weight is 226 g/mol. The molecule has 0 aliphatic heterocycles. The van der Waals surface area contributed by atoms with Crippen LogP contribution in [0.15, 0.2) is 24.3 Å². The van der Waals surface area contributed by atoms with E-state index in [0.717, 1.165) is 11.6 Å². The SMILES string of the molecule is CCCCCN[C@H](C)c1ccccc1Cl. The molecule has 1 N–H and O–H groups in total. The number of unbranched alkanes of at least 4 members (excludes halogenated alkanes) is 2. The van der Waals surface area contributed by atoms with Crippen LogP contribution in [0.2, 0.25) is 5.02 Å². The van der Waals surface area contributed by atoms with E-state index in [2.05, 4.69) is 25.2 Å². The van der Waals surface area contributed by atoms with Gasteiger partial charge in [-0.2, -0.15) is 0 Å². The monoisotopic (exact) mass is 225 g/mol. The lowest BCUT2D eigenvalue weighted by atomic mass is 10.1. The molecule has 0 bridgehead atoms. The van der Waals surface area contributed by atoms with Crippen molar-refractivity contribution in [2.45, 2.75) is 39.2 Å². The molecule has 0 amide bonds. The third-order valence-corrected chi connectivity index (χ3v) is 2.95. The van der Waals surface area contributed by atoms with E-state index in [4.69, 9.17) is 11.6 Å². The molecule has 1 aromatic rings. The van der Waals surface area contributed by atoms with Gasteiger partial charge in [0.1, 0.15) is 0 Å². The Morgan fingerprint density at radius 1 is 1.27 bits per heavy atom. The standard InChI is InChI=1S/C13H20ClN/c1-3-4-7-10-15-11(2)12-8-5-6-9-13(12)14/h5-6,8-9,11,15H,3-4,7,10H2,1-2H3/t11-/m1/s1. The van der Waals surface area contributed by atoms with Crippen LogP contribution in [0.25, 0.3) is 0 Å². The predicted octanol–water partition coefficient (Wildman–Crippen LogP) is 4.18. The Hall–Kier alpha value is -0.530. The maximum atomic E-state index is 6.12. The Morgan fingerprint density at radius 3 is 2.67 bits per heavy atom. The normalized spacial score (nSPS) is 12.7. The van der Waals surface area contributed by atoms with Gasteiger partial charge >= 0.3 is 0 Å². The van der Waals surface area contributed by atoms with Gasteiger partial charge in [-0.25, -0.2) is 0 Å². The Balaban J connectivity index is 2.40. The van der Waals surface area contributed by atoms with Crippen LogP contribution in [0.1, 0.15) is 44.7 Å². The summed E-state index contributed by atoms with van der Waals surface area (Å²) in [6, 6.07) is 8.37. The van der Waals surface area contributed by atoms with E-state index >= 15 is 0 Å². The first-order valence-corrected chi connectivity index (χ1v) is 6.11. The van der Waals surface area contributed by atoms with Crippen molar-refractivity contribution in [1.82, 2.24) is 5.32 Å². The minimum Gasteiger partial charge on any atom is -0.310 e. The highest BCUT2D eigenvalue weighted by Gasteiger charge is 2.07. The summed E-state index contributed by atoms with van der Waals surface area (Å²) in [6.45, 7) is 5.45. The van der Waals surface area contributed by atoms with Crippen molar-refractivity contribution >= 4 is 11.6 Å². The molecule has 1 aromatic carbocycles. The molecule has 0 unspecified atom stereocenters. The van der Waals surface area contributed by atoms with Crippen LogP contribution in [-0.2, 0) is 0 Å². The highest BCUT2D eigenvalue weighted by Crippen LogP contribution is 2.21. The van der Waals surface area contributed by atoms with Gasteiger partial charge in [0.25, 0.3) is 0 Å². The van der Waals surface area contributed by atoms with E-state index in [1.165, 1.54) is 24.8 Å². The molecular formula is C13H20ClN. The van der Waals surface area contributed by atoms with Crippen LogP contribution in [-0.4, -0.2) is 6.54 Å². The van der Waals surface area contributed by atoms with Crippen molar-refractivity contribution in [2.75, 3.05) is 6.54 Å². The Labute approximate surface area is 97.8 Å². The largest absolute Gasteiger partial charge is 0.310 e. The zero-order chi connectivity index (χ0) is 11.1. The first kappa shape index (κ1) is 12.5. The second-order valence-corrected chi connectivity index (χ2v) is 4.31. The Morgan fingerprint density at radius 2 is 2.00 bits per heavy atom. The summed E-state index contributed by atoms with van der Waals surface area (Å²) < 4.78 is 0. The van der Waals surface area contributed by atoms with E-state index in [-0.39, 0.29) is 0 Å². The summed E-state index contributed by atoms with van der Waals surface area (Å²) in [5, 5.41) is 4.34. The van der Waals surface area contributed by atoms with Crippen molar-refractivity contribution in [2.24, 2.45) is 0 Å². The van der Waals surface area contributed by atoms with Gasteiger partial charge in [-0.05, 0) is 31.5 Å².